The van der Waals surface area contributed by atoms with Gasteiger partial charge in [0.15, 0.2) is 4.34 Å². The zero-order chi connectivity index (χ0) is 20.8. The normalized spacial score (nSPS) is 14.1. The molecule has 1 fully saturated rings. The van der Waals surface area contributed by atoms with E-state index in [1.807, 2.05) is 13.8 Å². The molecule has 2 heterocycles. The number of carbonyl (C=O) groups excluding carboxylic acids is 1. The van der Waals surface area contributed by atoms with Gasteiger partial charge in [-0.3, -0.25) is 4.79 Å². The van der Waals surface area contributed by atoms with E-state index in [9.17, 15) is 10.1 Å². The Bertz CT molecular complexity index is 892. The molecule has 0 bridgehead atoms. The first-order chi connectivity index (χ1) is 14.0. The Morgan fingerprint density at radius 2 is 2.10 bits per heavy atom. The number of nitrogens with one attached hydrogen (secondary N) is 2. The average Bonchev–Trinajstić information content (AvgIpc) is 3.43. The van der Waals surface area contributed by atoms with Gasteiger partial charge in [-0.05, 0) is 38.7 Å². The SMILES string of the molecule is CCCCNc1nnc(SCC(=O)Nc2c(C#N)c(C)c(C)n2C2CCCC2)s1. The largest absolute Gasteiger partial charge is 0.360 e. The van der Waals surface area contributed by atoms with Gasteiger partial charge in [0, 0.05) is 18.3 Å². The number of nitriles is 1. The van der Waals surface area contributed by atoms with Gasteiger partial charge in [-0.25, -0.2) is 0 Å². The highest BCUT2D eigenvalue weighted by Crippen LogP contribution is 2.37. The van der Waals surface area contributed by atoms with Crippen LogP contribution in [0.5, 0.6) is 0 Å². The number of hydrogen-bond acceptors (Lipinski definition) is 7. The van der Waals surface area contributed by atoms with Crippen molar-refractivity contribution in [2.45, 2.75) is 69.7 Å². The molecule has 0 spiro atoms. The summed E-state index contributed by atoms with van der Waals surface area (Å²) in [5, 5.41) is 24.9. The molecule has 1 saturated carbocycles. The lowest BCUT2D eigenvalue weighted by Gasteiger charge is -2.19. The number of nitrogens with zero attached hydrogens (tertiary/aromatic N) is 4. The van der Waals surface area contributed by atoms with E-state index >= 15 is 0 Å². The average molecular weight is 433 g/mol. The van der Waals surface area contributed by atoms with Crippen molar-refractivity contribution in [2.24, 2.45) is 0 Å². The molecule has 2 aromatic rings. The number of rotatable bonds is 9. The van der Waals surface area contributed by atoms with E-state index in [-0.39, 0.29) is 11.7 Å². The van der Waals surface area contributed by atoms with Crippen molar-refractivity contribution in [1.29, 1.82) is 5.26 Å². The third kappa shape index (κ3) is 5.11. The fraction of sp³-hybridized carbons (Fsp3) is 0.600. The van der Waals surface area contributed by atoms with Crippen LogP contribution in [-0.4, -0.2) is 33.0 Å². The maximum absolute atomic E-state index is 12.6. The highest BCUT2D eigenvalue weighted by atomic mass is 32.2. The van der Waals surface area contributed by atoms with Gasteiger partial charge in [0.05, 0.1) is 11.3 Å². The molecule has 0 radical (unpaired) electrons. The molecule has 29 heavy (non-hydrogen) atoms. The van der Waals surface area contributed by atoms with Gasteiger partial charge in [-0.1, -0.05) is 49.3 Å². The van der Waals surface area contributed by atoms with E-state index in [4.69, 9.17) is 0 Å². The fourth-order valence-electron chi connectivity index (χ4n) is 3.71. The Hall–Kier alpha value is -2.05. The van der Waals surface area contributed by atoms with Gasteiger partial charge < -0.3 is 15.2 Å². The monoisotopic (exact) mass is 432 g/mol. The molecule has 2 N–H and O–H groups in total. The van der Waals surface area contributed by atoms with Gasteiger partial charge in [-0.2, -0.15) is 5.26 Å². The van der Waals surface area contributed by atoms with Crippen molar-refractivity contribution in [3.63, 3.8) is 0 Å². The summed E-state index contributed by atoms with van der Waals surface area (Å²) in [7, 11) is 0. The predicted octanol–water partition coefficient (Wildman–Crippen LogP) is 4.89. The quantitative estimate of drug-likeness (QED) is 0.433. The van der Waals surface area contributed by atoms with Crippen molar-refractivity contribution in [3.8, 4) is 6.07 Å². The van der Waals surface area contributed by atoms with Crippen LogP contribution in [0, 0.1) is 25.2 Å². The van der Waals surface area contributed by atoms with E-state index in [0.29, 0.717) is 17.4 Å². The van der Waals surface area contributed by atoms with Crippen LogP contribution in [0.15, 0.2) is 4.34 Å². The van der Waals surface area contributed by atoms with E-state index in [1.54, 1.807) is 0 Å². The van der Waals surface area contributed by atoms with Crippen LogP contribution in [-0.2, 0) is 4.79 Å². The molecular weight excluding hydrogens is 404 g/mol. The first kappa shape index (κ1) is 21.7. The summed E-state index contributed by atoms with van der Waals surface area (Å²) >= 11 is 2.83. The van der Waals surface area contributed by atoms with Crippen molar-refractivity contribution >= 4 is 40.0 Å². The first-order valence-electron chi connectivity index (χ1n) is 10.2. The van der Waals surface area contributed by atoms with Crippen LogP contribution in [0.2, 0.25) is 0 Å². The van der Waals surface area contributed by atoms with Crippen molar-refractivity contribution in [3.05, 3.63) is 16.8 Å². The Morgan fingerprint density at radius 1 is 1.34 bits per heavy atom. The number of thioether (sulfide) groups is 1. The van der Waals surface area contributed by atoms with Crippen LogP contribution < -0.4 is 10.6 Å². The number of hydrogen-bond donors (Lipinski definition) is 2. The summed E-state index contributed by atoms with van der Waals surface area (Å²) in [6.45, 7) is 7.01. The first-order valence-corrected chi connectivity index (χ1v) is 12.0. The molecule has 0 aromatic carbocycles. The zero-order valence-electron chi connectivity index (χ0n) is 17.2. The number of unbranched alkanes of at least 4 members (excludes halogenated alkanes) is 1. The lowest BCUT2D eigenvalue weighted by Crippen LogP contribution is -2.19. The van der Waals surface area contributed by atoms with Crippen LogP contribution in [0.1, 0.15) is 68.3 Å². The number of anilines is 2. The van der Waals surface area contributed by atoms with E-state index in [2.05, 4.69) is 38.4 Å². The lowest BCUT2D eigenvalue weighted by molar-refractivity contribution is -0.113. The Balaban J connectivity index is 1.65. The predicted molar refractivity (Wildman–Crippen MR) is 119 cm³/mol. The molecular formula is C20H28N6OS2. The summed E-state index contributed by atoms with van der Waals surface area (Å²) in [5.41, 5.74) is 2.60. The van der Waals surface area contributed by atoms with Gasteiger partial charge in [-0.15, -0.1) is 10.2 Å². The smallest absolute Gasteiger partial charge is 0.235 e. The third-order valence-electron chi connectivity index (χ3n) is 5.36. The minimum absolute atomic E-state index is 0.126. The molecule has 0 aliphatic heterocycles. The molecule has 156 valence electrons. The molecule has 0 saturated heterocycles. The van der Waals surface area contributed by atoms with Gasteiger partial charge in [0.2, 0.25) is 11.0 Å². The summed E-state index contributed by atoms with van der Waals surface area (Å²) in [6.07, 6.45) is 6.79. The van der Waals surface area contributed by atoms with Crippen molar-refractivity contribution in [2.75, 3.05) is 22.9 Å². The third-order valence-corrected chi connectivity index (χ3v) is 7.37. The van der Waals surface area contributed by atoms with Crippen LogP contribution in [0.3, 0.4) is 0 Å². The van der Waals surface area contributed by atoms with E-state index in [0.717, 1.165) is 53.0 Å². The minimum Gasteiger partial charge on any atom is -0.360 e. The highest BCUT2D eigenvalue weighted by Gasteiger charge is 2.26. The Labute approximate surface area is 180 Å². The summed E-state index contributed by atoms with van der Waals surface area (Å²) in [4.78, 5) is 12.6. The number of carbonyl (C=O) groups is 1. The van der Waals surface area contributed by atoms with E-state index in [1.165, 1.54) is 35.9 Å². The Morgan fingerprint density at radius 3 is 2.79 bits per heavy atom. The maximum atomic E-state index is 12.6. The molecule has 9 heteroatoms. The fourth-order valence-corrected chi connectivity index (χ4v) is 5.29. The zero-order valence-corrected chi connectivity index (χ0v) is 18.9. The molecule has 2 aromatic heterocycles. The van der Waals surface area contributed by atoms with Gasteiger partial charge in [0.1, 0.15) is 11.9 Å². The summed E-state index contributed by atoms with van der Waals surface area (Å²) in [6, 6.07) is 2.64. The maximum Gasteiger partial charge on any atom is 0.235 e. The molecule has 1 aliphatic rings. The molecule has 3 rings (SSSR count). The standard InChI is InChI=1S/C20H28N6OS2/c1-4-5-10-22-19-24-25-20(29-19)28-12-17(27)23-18-16(11-21)13(2)14(3)26(18)15-8-6-7-9-15/h15H,4-10,12H2,1-3H3,(H,22,24)(H,23,27). The molecule has 0 unspecified atom stereocenters. The molecule has 0 atom stereocenters. The minimum atomic E-state index is -0.126. The van der Waals surface area contributed by atoms with Gasteiger partial charge in [0.25, 0.3) is 0 Å². The molecule has 7 nitrogen and oxygen atoms in total. The summed E-state index contributed by atoms with van der Waals surface area (Å²) < 4.78 is 2.93. The van der Waals surface area contributed by atoms with Crippen LogP contribution >= 0.6 is 23.1 Å². The second kappa shape index (κ2) is 10.1. The van der Waals surface area contributed by atoms with Crippen LogP contribution in [0.25, 0.3) is 0 Å². The van der Waals surface area contributed by atoms with Gasteiger partial charge >= 0.3 is 0 Å². The van der Waals surface area contributed by atoms with E-state index < -0.39 is 0 Å². The number of aromatic nitrogens is 3. The highest BCUT2D eigenvalue weighted by molar-refractivity contribution is 8.01. The lowest BCUT2D eigenvalue weighted by atomic mass is 10.2. The van der Waals surface area contributed by atoms with Crippen LogP contribution in [0.4, 0.5) is 10.9 Å². The Kier molecular flexibility index (Phi) is 7.56. The number of amides is 1. The van der Waals surface area contributed by atoms with Crippen molar-refractivity contribution < 1.29 is 4.79 Å². The summed E-state index contributed by atoms with van der Waals surface area (Å²) in [5.74, 6) is 0.765. The second-order valence-electron chi connectivity index (χ2n) is 7.34. The second-order valence-corrected chi connectivity index (χ2v) is 9.54. The topological polar surface area (TPSA) is 95.6 Å². The molecule has 1 aliphatic carbocycles. The van der Waals surface area contributed by atoms with Crippen molar-refractivity contribution in [1.82, 2.24) is 14.8 Å². The molecule has 1 amide bonds.